The maximum atomic E-state index is 4.72. The molecule has 2 saturated heterocycles. The summed E-state index contributed by atoms with van der Waals surface area (Å²) in [5.74, 6) is 1.15. The molecule has 0 spiro atoms. The van der Waals surface area contributed by atoms with E-state index in [1.165, 1.54) is 18.5 Å². The van der Waals surface area contributed by atoms with E-state index in [4.69, 9.17) is 4.98 Å². The van der Waals surface area contributed by atoms with Gasteiger partial charge < -0.3 is 4.90 Å². The minimum absolute atomic E-state index is 0.609. The van der Waals surface area contributed by atoms with Crippen LogP contribution in [0, 0.1) is 6.92 Å². The summed E-state index contributed by atoms with van der Waals surface area (Å²) in [4.78, 5) is 14.3. The maximum absolute atomic E-state index is 4.72. The summed E-state index contributed by atoms with van der Waals surface area (Å²) in [5, 5.41) is 0. The second-order valence-electron chi connectivity index (χ2n) is 6.33. The number of rotatable bonds is 3. The van der Waals surface area contributed by atoms with Gasteiger partial charge >= 0.3 is 0 Å². The molecule has 2 fully saturated rings. The van der Waals surface area contributed by atoms with Crippen molar-refractivity contribution in [2.45, 2.75) is 38.4 Å². The van der Waals surface area contributed by atoms with Crippen LogP contribution in [0.4, 0.5) is 5.82 Å². The van der Waals surface area contributed by atoms with Crippen molar-refractivity contribution in [3.8, 4) is 0 Å². The van der Waals surface area contributed by atoms with Gasteiger partial charge in [0.2, 0.25) is 0 Å². The minimum Gasteiger partial charge on any atom is -0.352 e. The number of pyridine rings is 2. The van der Waals surface area contributed by atoms with Crippen molar-refractivity contribution in [3.63, 3.8) is 0 Å². The second kappa shape index (κ2) is 5.69. The van der Waals surface area contributed by atoms with Gasteiger partial charge in [-0.25, -0.2) is 4.98 Å². The number of nitrogens with zero attached hydrogens (tertiary/aromatic N) is 4. The number of hydrogen-bond donors (Lipinski definition) is 0. The topological polar surface area (TPSA) is 32.3 Å². The van der Waals surface area contributed by atoms with Gasteiger partial charge in [-0.15, -0.1) is 0 Å². The van der Waals surface area contributed by atoms with Crippen molar-refractivity contribution in [1.82, 2.24) is 14.9 Å². The third-order valence-electron chi connectivity index (χ3n) is 4.95. The lowest BCUT2D eigenvalue weighted by molar-refractivity contribution is 0.243. The molecule has 2 aromatic rings. The molecular weight excluding hydrogens is 272 g/mol. The molecule has 4 rings (SSSR count). The Morgan fingerprint density at radius 1 is 1.05 bits per heavy atom. The van der Waals surface area contributed by atoms with Crippen LogP contribution in [0.5, 0.6) is 0 Å². The highest BCUT2D eigenvalue weighted by Crippen LogP contribution is 2.34. The number of aromatic nitrogens is 2. The van der Waals surface area contributed by atoms with Gasteiger partial charge in [0.15, 0.2) is 0 Å². The van der Waals surface area contributed by atoms with Gasteiger partial charge in [0.1, 0.15) is 5.82 Å². The van der Waals surface area contributed by atoms with E-state index in [0.717, 1.165) is 31.1 Å². The summed E-state index contributed by atoms with van der Waals surface area (Å²) >= 11 is 0. The summed E-state index contributed by atoms with van der Waals surface area (Å²) in [6.45, 7) is 5.31. The number of aryl methyl sites for hydroxylation is 1. The van der Waals surface area contributed by atoms with Crippen LogP contribution in [0.25, 0.3) is 0 Å². The largest absolute Gasteiger partial charge is 0.352 e. The van der Waals surface area contributed by atoms with E-state index < -0.39 is 0 Å². The summed E-state index contributed by atoms with van der Waals surface area (Å²) in [6.07, 6.45) is 4.35. The van der Waals surface area contributed by atoms with E-state index in [2.05, 4.69) is 52.0 Å². The van der Waals surface area contributed by atoms with E-state index in [1.807, 2.05) is 12.3 Å². The van der Waals surface area contributed by atoms with Crippen molar-refractivity contribution >= 4 is 5.82 Å². The monoisotopic (exact) mass is 294 g/mol. The smallest absolute Gasteiger partial charge is 0.129 e. The molecule has 0 N–H and O–H groups in total. The van der Waals surface area contributed by atoms with Crippen molar-refractivity contribution in [1.29, 1.82) is 0 Å². The van der Waals surface area contributed by atoms with Crippen LogP contribution in [0.3, 0.4) is 0 Å². The standard InChI is InChI=1S/C18H22N4/c1-14-5-4-7-18(20-14)22-12-9-16-17(22)8-11-21(16)13-15-6-2-3-10-19-15/h2-7,10,16-17H,8-9,11-13H2,1H3/t16-,17+/m1/s1. The normalized spacial score (nSPS) is 24.7. The highest BCUT2D eigenvalue weighted by Gasteiger charge is 2.42. The van der Waals surface area contributed by atoms with Crippen LogP contribution >= 0.6 is 0 Å². The molecule has 4 nitrogen and oxygen atoms in total. The van der Waals surface area contributed by atoms with E-state index >= 15 is 0 Å². The third kappa shape index (κ3) is 2.48. The zero-order valence-electron chi connectivity index (χ0n) is 13.0. The highest BCUT2D eigenvalue weighted by atomic mass is 15.3. The average Bonchev–Trinajstić information content (AvgIpc) is 3.11. The number of anilines is 1. The molecule has 0 unspecified atom stereocenters. The van der Waals surface area contributed by atoms with E-state index in [9.17, 15) is 0 Å². The summed E-state index contributed by atoms with van der Waals surface area (Å²) in [7, 11) is 0. The molecule has 2 aliphatic rings. The Bertz CT molecular complexity index is 643. The molecule has 0 amide bonds. The molecule has 2 atom stereocenters. The first-order chi connectivity index (χ1) is 10.8. The zero-order chi connectivity index (χ0) is 14.9. The predicted octanol–water partition coefficient (Wildman–Crippen LogP) is 2.64. The van der Waals surface area contributed by atoms with Crippen LogP contribution < -0.4 is 4.90 Å². The van der Waals surface area contributed by atoms with Crippen LogP contribution in [-0.4, -0.2) is 40.0 Å². The third-order valence-corrected chi connectivity index (χ3v) is 4.95. The Hall–Kier alpha value is -1.94. The van der Waals surface area contributed by atoms with Gasteiger partial charge in [-0.1, -0.05) is 12.1 Å². The first-order valence-corrected chi connectivity index (χ1v) is 8.15. The number of hydrogen-bond acceptors (Lipinski definition) is 4. The molecule has 0 radical (unpaired) electrons. The number of likely N-dealkylation sites (tertiary alicyclic amines) is 1. The molecule has 0 bridgehead atoms. The highest BCUT2D eigenvalue weighted by molar-refractivity contribution is 5.43. The van der Waals surface area contributed by atoms with Crippen LogP contribution in [-0.2, 0) is 6.54 Å². The summed E-state index contributed by atoms with van der Waals surface area (Å²) < 4.78 is 0. The van der Waals surface area contributed by atoms with Crippen LogP contribution in [0.1, 0.15) is 24.2 Å². The molecule has 22 heavy (non-hydrogen) atoms. The lowest BCUT2D eigenvalue weighted by Crippen LogP contribution is -2.36. The first kappa shape index (κ1) is 13.7. The van der Waals surface area contributed by atoms with Crippen LogP contribution in [0.15, 0.2) is 42.6 Å². The van der Waals surface area contributed by atoms with E-state index in [-0.39, 0.29) is 0 Å². The lowest BCUT2D eigenvalue weighted by Gasteiger charge is -2.26. The van der Waals surface area contributed by atoms with Gasteiger partial charge in [-0.05, 0) is 44.0 Å². The number of fused-ring (bicyclic) bond motifs is 1. The fraction of sp³-hybridized carbons (Fsp3) is 0.444. The predicted molar refractivity (Wildman–Crippen MR) is 87.8 cm³/mol. The van der Waals surface area contributed by atoms with Crippen molar-refractivity contribution in [3.05, 3.63) is 54.0 Å². The lowest BCUT2D eigenvalue weighted by atomic mass is 10.1. The molecular formula is C18H22N4. The van der Waals surface area contributed by atoms with E-state index in [0.29, 0.717) is 12.1 Å². The molecule has 2 aromatic heterocycles. The average molecular weight is 294 g/mol. The van der Waals surface area contributed by atoms with Gasteiger partial charge in [0.25, 0.3) is 0 Å². The Labute approximate surface area is 131 Å². The zero-order valence-corrected chi connectivity index (χ0v) is 13.0. The molecule has 0 aliphatic carbocycles. The van der Waals surface area contributed by atoms with Gasteiger partial charge in [0, 0.05) is 43.6 Å². The molecule has 2 aliphatic heterocycles. The van der Waals surface area contributed by atoms with Crippen molar-refractivity contribution in [2.24, 2.45) is 0 Å². The Morgan fingerprint density at radius 3 is 2.77 bits per heavy atom. The van der Waals surface area contributed by atoms with Crippen molar-refractivity contribution in [2.75, 3.05) is 18.0 Å². The Kier molecular flexibility index (Phi) is 3.54. The SMILES string of the molecule is Cc1cccc(N2CC[C@@H]3[C@@H]2CCN3Cc2ccccn2)n1. The second-order valence-corrected chi connectivity index (χ2v) is 6.33. The first-order valence-electron chi connectivity index (χ1n) is 8.15. The van der Waals surface area contributed by atoms with E-state index in [1.54, 1.807) is 0 Å². The fourth-order valence-electron chi connectivity index (χ4n) is 3.94. The quantitative estimate of drug-likeness (QED) is 0.871. The summed E-state index contributed by atoms with van der Waals surface area (Å²) in [5.41, 5.74) is 2.28. The summed E-state index contributed by atoms with van der Waals surface area (Å²) in [6, 6.07) is 13.8. The van der Waals surface area contributed by atoms with Gasteiger partial charge in [-0.3, -0.25) is 9.88 Å². The van der Waals surface area contributed by atoms with Gasteiger partial charge in [-0.2, -0.15) is 0 Å². The van der Waals surface area contributed by atoms with Gasteiger partial charge in [0.05, 0.1) is 5.69 Å². The maximum Gasteiger partial charge on any atom is 0.129 e. The molecule has 4 heterocycles. The Balaban J connectivity index is 1.49. The molecule has 0 aromatic carbocycles. The molecule has 4 heteroatoms. The fourth-order valence-corrected chi connectivity index (χ4v) is 3.94. The molecule has 114 valence electrons. The Morgan fingerprint density at radius 2 is 1.95 bits per heavy atom. The minimum atomic E-state index is 0.609. The van der Waals surface area contributed by atoms with Crippen LogP contribution in [0.2, 0.25) is 0 Å². The van der Waals surface area contributed by atoms with Crippen molar-refractivity contribution < 1.29 is 0 Å². The molecule has 0 saturated carbocycles.